The average Bonchev–Trinajstić information content (AvgIpc) is 3.09. The van der Waals surface area contributed by atoms with E-state index in [1.165, 1.54) is 12.8 Å². The average molecular weight is 437 g/mol. The van der Waals surface area contributed by atoms with Gasteiger partial charge in [0.05, 0.1) is 6.54 Å². The lowest BCUT2D eigenvalue weighted by atomic mass is 10.1. The summed E-state index contributed by atoms with van der Waals surface area (Å²) in [7, 11) is 0. The minimum atomic E-state index is -0.198. The summed E-state index contributed by atoms with van der Waals surface area (Å²) < 4.78 is 0. The first-order valence-corrected chi connectivity index (χ1v) is 11.3. The number of rotatable bonds is 7. The Labute approximate surface area is 189 Å². The van der Waals surface area contributed by atoms with E-state index in [0.29, 0.717) is 17.7 Å². The SMILES string of the molecule is CCC(=O)Nc1cc(NCC(=O)Nc2ccc(C(=O)N3CCCCCC3)cc2)ccc1C. The number of nitrogens with zero attached hydrogens (tertiary/aromatic N) is 1. The normalized spacial score (nSPS) is 13.8. The van der Waals surface area contributed by atoms with Gasteiger partial charge in [-0.15, -0.1) is 0 Å². The van der Waals surface area contributed by atoms with Gasteiger partial charge in [0.25, 0.3) is 5.91 Å². The van der Waals surface area contributed by atoms with Gasteiger partial charge in [0.15, 0.2) is 0 Å². The molecule has 0 spiro atoms. The van der Waals surface area contributed by atoms with E-state index >= 15 is 0 Å². The van der Waals surface area contributed by atoms with Gasteiger partial charge in [0.1, 0.15) is 0 Å². The molecule has 1 aliphatic heterocycles. The van der Waals surface area contributed by atoms with Crippen molar-refractivity contribution in [1.82, 2.24) is 4.90 Å². The summed E-state index contributed by atoms with van der Waals surface area (Å²) in [6, 6.07) is 12.6. The van der Waals surface area contributed by atoms with E-state index in [1.54, 1.807) is 31.2 Å². The molecule has 0 aromatic heterocycles. The zero-order chi connectivity index (χ0) is 22.9. The molecule has 7 heteroatoms. The van der Waals surface area contributed by atoms with Crippen LogP contribution in [0.1, 0.15) is 54.9 Å². The molecular weight excluding hydrogens is 404 g/mol. The van der Waals surface area contributed by atoms with Gasteiger partial charge in [-0.05, 0) is 61.7 Å². The summed E-state index contributed by atoms with van der Waals surface area (Å²) in [5.41, 5.74) is 3.72. The van der Waals surface area contributed by atoms with E-state index < -0.39 is 0 Å². The molecule has 0 aliphatic carbocycles. The molecule has 0 bridgehead atoms. The molecule has 0 unspecified atom stereocenters. The highest BCUT2D eigenvalue weighted by atomic mass is 16.2. The fourth-order valence-corrected chi connectivity index (χ4v) is 3.65. The van der Waals surface area contributed by atoms with Crippen LogP contribution >= 0.6 is 0 Å². The highest BCUT2D eigenvalue weighted by Gasteiger charge is 2.17. The molecule has 32 heavy (non-hydrogen) atoms. The van der Waals surface area contributed by atoms with Crippen LogP contribution in [0.5, 0.6) is 0 Å². The van der Waals surface area contributed by atoms with E-state index in [4.69, 9.17) is 0 Å². The van der Waals surface area contributed by atoms with Crippen LogP contribution in [0.2, 0.25) is 0 Å². The van der Waals surface area contributed by atoms with Crippen LogP contribution in [-0.4, -0.2) is 42.3 Å². The molecule has 0 radical (unpaired) electrons. The zero-order valence-corrected chi connectivity index (χ0v) is 18.9. The minimum absolute atomic E-state index is 0.0526. The molecule has 0 saturated carbocycles. The van der Waals surface area contributed by atoms with Gasteiger partial charge < -0.3 is 20.9 Å². The maximum atomic E-state index is 12.7. The highest BCUT2D eigenvalue weighted by Crippen LogP contribution is 2.21. The van der Waals surface area contributed by atoms with Gasteiger partial charge >= 0.3 is 0 Å². The maximum Gasteiger partial charge on any atom is 0.253 e. The van der Waals surface area contributed by atoms with Crippen molar-refractivity contribution < 1.29 is 14.4 Å². The lowest BCUT2D eigenvalue weighted by Crippen LogP contribution is -2.31. The van der Waals surface area contributed by atoms with Crippen LogP contribution in [0.25, 0.3) is 0 Å². The van der Waals surface area contributed by atoms with Crippen LogP contribution in [-0.2, 0) is 9.59 Å². The number of hydrogen-bond acceptors (Lipinski definition) is 4. The van der Waals surface area contributed by atoms with Gasteiger partial charge in [0, 0.05) is 42.1 Å². The van der Waals surface area contributed by atoms with Gasteiger partial charge in [-0.25, -0.2) is 0 Å². The molecule has 1 heterocycles. The lowest BCUT2D eigenvalue weighted by Gasteiger charge is -2.20. The topological polar surface area (TPSA) is 90.5 Å². The Morgan fingerprint density at radius 3 is 2.16 bits per heavy atom. The van der Waals surface area contributed by atoms with Crippen LogP contribution in [0.3, 0.4) is 0 Å². The molecule has 1 saturated heterocycles. The first-order chi connectivity index (χ1) is 15.5. The molecule has 3 rings (SSSR count). The molecule has 2 aromatic rings. The van der Waals surface area contributed by atoms with E-state index in [1.807, 2.05) is 30.0 Å². The van der Waals surface area contributed by atoms with Crippen molar-refractivity contribution in [3.05, 3.63) is 53.6 Å². The van der Waals surface area contributed by atoms with Crippen LogP contribution in [0.15, 0.2) is 42.5 Å². The van der Waals surface area contributed by atoms with E-state index in [-0.39, 0.29) is 24.3 Å². The van der Waals surface area contributed by atoms with Gasteiger partial charge in [-0.3, -0.25) is 14.4 Å². The molecule has 1 aliphatic rings. The van der Waals surface area contributed by atoms with Crippen molar-refractivity contribution >= 4 is 34.8 Å². The van der Waals surface area contributed by atoms with Gasteiger partial charge in [-0.1, -0.05) is 25.8 Å². The van der Waals surface area contributed by atoms with Crippen molar-refractivity contribution in [2.45, 2.75) is 46.0 Å². The molecular formula is C25H32N4O3. The number of carbonyl (C=O) groups excluding carboxylic acids is 3. The molecule has 2 aromatic carbocycles. The summed E-state index contributed by atoms with van der Waals surface area (Å²) in [5.74, 6) is -0.200. The van der Waals surface area contributed by atoms with Crippen molar-refractivity contribution in [1.29, 1.82) is 0 Å². The number of amides is 3. The van der Waals surface area contributed by atoms with Crippen molar-refractivity contribution in [2.24, 2.45) is 0 Å². The van der Waals surface area contributed by atoms with Gasteiger partial charge in [0.2, 0.25) is 11.8 Å². The van der Waals surface area contributed by atoms with E-state index in [9.17, 15) is 14.4 Å². The minimum Gasteiger partial charge on any atom is -0.376 e. The highest BCUT2D eigenvalue weighted by molar-refractivity contribution is 5.97. The Balaban J connectivity index is 1.52. The summed E-state index contributed by atoms with van der Waals surface area (Å²) in [5, 5.41) is 8.78. The smallest absolute Gasteiger partial charge is 0.253 e. The number of hydrogen-bond donors (Lipinski definition) is 3. The largest absolute Gasteiger partial charge is 0.376 e. The summed E-state index contributed by atoms with van der Waals surface area (Å²) in [6.07, 6.45) is 4.88. The van der Waals surface area contributed by atoms with Crippen molar-refractivity contribution in [3.8, 4) is 0 Å². The molecule has 3 amide bonds. The summed E-state index contributed by atoms with van der Waals surface area (Å²) >= 11 is 0. The van der Waals surface area contributed by atoms with E-state index in [0.717, 1.165) is 42.9 Å². The summed E-state index contributed by atoms with van der Waals surface area (Å²) in [4.78, 5) is 38.6. The molecule has 7 nitrogen and oxygen atoms in total. The van der Waals surface area contributed by atoms with Crippen LogP contribution in [0.4, 0.5) is 17.1 Å². The third-order valence-corrected chi connectivity index (χ3v) is 5.59. The Morgan fingerprint density at radius 1 is 0.844 bits per heavy atom. The number of benzene rings is 2. The molecule has 1 fully saturated rings. The predicted octanol–water partition coefficient (Wildman–Crippen LogP) is 4.41. The fourth-order valence-electron chi connectivity index (χ4n) is 3.65. The second-order valence-electron chi connectivity index (χ2n) is 8.12. The second kappa shape index (κ2) is 11.3. The monoisotopic (exact) mass is 436 g/mol. The van der Waals surface area contributed by atoms with Crippen molar-refractivity contribution in [2.75, 3.05) is 35.6 Å². The number of nitrogens with one attached hydrogen (secondary N) is 3. The third kappa shape index (κ3) is 6.57. The number of aryl methyl sites for hydroxylation is 1. The van der Waals surface area contributed by atoms with Crippen LogP contribution < -0.4 is 16.0 Å². The third-order valence-electron chi connectivity index (χ3n) is 5.59. The number of likely N-dealkylation sites (tertiary alicyclic amines) is 1. The fraction of sp³-hybridized carbons (Fsp3) is 0.400. The Bertz CT molecular complexity index is 948. The Hall–Kier alpha value is -3.35. The molecule has 3 N–H and O–H groups in total. The second-order valence-corrected chi connectivity index (χ2v) is 8.12. The number of carbonyl (C=O) groups is 3. The van der Waals surface area contributed by atoms with Crippen LogP contribution in [0, 0.1) is 6.92 Å². The Kier molecular flexibility index (Phi) is 8.25. The first kappa shape index (κ1) is 23.3. The van der Waals surface area contributed by atoms with E-state index in [2.05, 4.69) is 16.0 Å². The first-order valence-electron chi connectivity index (χ1n) is 11.3. The quantitative estimate of drug-likeness (QED) is 0.600. The predicted molar refractivity (Wildman–Crippen MR) is 128 cm³/mol. The standard InChI is InChI=1S/C25H32N4O3/c1-3-23(30)28-22-16-21(11-8-18(22)2)26-17-24(31)27-20-12-9-19(10-13-20)25(32)29-14-6-4-5-7-15-29/h8-13,16,26H,3-7,14-15,17H2,1-2H3,(H,27,31)(H,28,30). The molecule has 170 valence electrons. The number of anilines is 3. The van der Waals surface area contributed by atoms with Gasteiger partial charge in [-0.2, -0.15) is 0 Å². The van der Waals surface area contributed by atoms with Crippen molar-refractivity contribution in [3.63, 3.8) is 0 Å². The zero-order valence-electron chi connectivity index (χ0n) is 18.9. The molecule has 0 atom stereocenters. The Morgan fingerprint density at radius 2 is 1.50 bits per heavy atom. The lowest BCUT2D eigenvalue weighted by molar-refractivity contribution is -0.116. The summed E-state index contributed by atoms with van der Waals surface area (Å²) in [6.45, 7) is 5.42. The maximum absolute atomic E-state index is 12.7.